The Labute approximate surface area is 182 Å². The molecule has 1 amide bonds. The number of hydrogen-bond donors (Lipinski definition) is 2. The molecular weight excluding hydrogens is 420 g/mol. The van der Waals surface area contributed by atoms with Crippen LogP contribution in [0.1, 0.15) is 21.9 Å². The maximum atomic E-state index is 12.5. The first kappa shape index (κ1) is 20.4. The summed E-state index contributed by atoms with van der Waals surface area (Å²) in [5.41, 5.74) is 8.09. The lowest BCUT2D eigenvalue weighted by Gasteiger charge is -2.04. The largest absolute Gasteiger partial charge is 0.497 e. The Kier molecular flexibility index (Phi) is 5.59. The first-order valence-electron chi connectivity index (χ1n) is 9.31. The minimum Gasteiger partial charge on any atom is -0.497 e. The zero-order valence-corrected chi connectivity index (χ0v) is 17.6. The van der Waals surface area contributed by atoms with E-state index in [2.05, 4.69) is 20.6 Å². The highest BCUT2D eigenvalue weighted by atomic mass is 35.5. The van der Waals surface area contributed by atoms with Crippen molar-refractivity contribution < 1.29 is 13.9 Å². The predicted molar refractivity (Wildman–Crippen MR) is 116 cm³/mol. The summed E-state index contributed by atoms with van der Waals surface area (Å²) in [6, 6.07) is 14.1. The summed E-state index contributed by atoms with van der Waals surface area (Å²) in [4.78, 5) is 17.1. The van der Waals surface area contributed by atoms with Gasteiger partial charge in [0.25, 0.3) is 5.91 Å². The first-order valence-corrected chi connectivity index (χ1v) is 9.69. The van der Waals surface area contributed by atoms with E-state index in [9.17, 15) is 4.79 Å². The Bertz CT molecular complexity index is 1230. The number of aromatic nitrogens is 4. The Hall–Kier alpha value is -3.85. The number of halogens is 1. The standard InChI is InChI=1S/C21H19ClN6O3/c1-12-17(25-21(31-12)13-6-8-16(30-2)9-7-13)11-28-19(23)18(26-27-28)20(29)24-15-5-3-4-14(22)10-15/h3-10H,11,23H2,1-2H3,(H,24,29). The molecule has 0 radical (unpaired) electrons. The van der Waals surface area contributed by atoms with Crippen LogP contribution in [0.4, 0.5) is 11.5 Å². The smallest absolute Gasteiger partial charge is 0.280 e. The van der Waals surface area contributed by atoms with Crippen molar-refractivity contribution in [3.8, 4) is 17.2 Å². The fourth-order valence-electron chi connectivity index (χ4n) is 2.93. The quantitative estimate of drug-likeness (QED) is 0.469. The molecule has 2 heterocycles. The molecule has 0 aliphatic rings. The number of nitrogens with one attached hydrogen (secondary N) is 1. The topological polar surface area (TPSA) is 121 Å². The van der Waals surface area contributed by atoms with E-state index in [0.29, 0.717) is 28.1 Å². The van der Waals surface area contributed by atoms with Crippen molar-refractivity contribution >= 4 is 29.0 Å². The molecule has 4 aromatic rings. The minimum absolute atomic E-state index is 0.0106. The number of carbonyl (C=O) groups is 1. The number of hydrogen-bond acceptors (Lipinski definition) is 7. The molecule has 0 bridgehead atoms. The molecule has 2 aromatic carbocycles. The lowest BCUT2D eigenvalue weighted by Crippen LogP contribution is -2.15. The van der Waals surface area contributed by atoms with Crippen molar-refractivity contribution in [3.05, 3.63) is 70.7 Å². The van der Waals surface area contributed by atoms with Crippen molar-refractivity contribution in [1.29, 1.82) is 0 Å². The number of nitrogen functional groups attached to an aromatic ring is 1. The van der Waals surface area contributed by atoms with Gasteiger partial charge in [-0.05, 0) is 49.4 Å². The second-order valence-electron chi connectivity index (χ2n) is 6.70. The summed E-state index contributed by atoms with van der Waals surface area (Å²) in [6.07, 6.45) is 0. The van der Waals surface area contributed by atoms with Gasteiger partial charge in [0.15, 0.2) is 11.5 Å². The number of rotatable bonds is 6. The number of anilines is 2. The van der Waals surface area contributed by atoms with Gasteiger partial charge < -0.3 is 20.2 Å². The number of carbonyl (C=O) groups excluding carboxylic acids is 1. The monoisotopic (exact) mass is 438 g/mol. The van der Waals surface area contributed by atoms with Crippen LogP contribution < -0.4 is 15.8 Å². The molecule has 158 valence electrons. The van der Waals surface area contributed by atoms with E-state index in [-0.39, 0.29) is 18.1 Å². The lowest BCUT2D eigenvalue weighted by atomic mass is 10.2. The Morgan fingerprint density at radius 2 is 2.03 bits per heavy atom. The van der Waals surface area contributed by atoms with E-state index in [1.165, 1.54) is 4.68 Å². The van der Waals surface area contributed by atoms with Crippen LogP contribution in [0.15, 0.2) is 52.9 Å². The van der Waals surface area contributed by atoms with Gasteiger partial charge in [-0.3, -0.25) is 4.79 Å². The molecular formula is C21H19ClN6O3. The summed E-state index contributed by atoms with van der Waals surface area (Å²) < 4.78 is 12.4. The normalized spacial score (nSPS) is 10.8. The van der Waals surface area contributed by atoms with E-state index >= 15 is 0 Å². The van der Waals surface area contributed by atoms with Crippen LogP contribution in [-0.4, -0.2) is 33.0 Å². The molecule has 2 aromatic heterocycles. The highest BCUT2D eigenvalue weighted by molar-refractivity contribution is 6.31. The van der Waals surface area contributed by atoms with Gasteiger partial charge in [-0.15, -0.1) is 5.10 Å². The van der Waals surface area contributed by atoms with Gasteiger partial charge in [0.2, 0.25) is 5.89 Å². The summed E-state index contributed by atoms with van der Waals surface area (Å²) in [5, 5.41) is 11.1. The average molecular weight is 439 g/mol. The van der Waals surface area contributed by atoms with Gasteiger partial charge in [-0.2, -0.15) is 0 Å². The van der Waals surface area contributed by atoms with Crippen molar-refractivity contribution in [2.75, 3.05) is 18.2 Å². The zero-order valence-electron chi connectivity index (χ0n) is 16.8. The fraction of sp³-hybridized carbons (Fsp3) is 0.143. The van der Waals surface area contributed by atoms with Crippen molar-refractivity contribution in [2.45, 2.75) is 13.5 Å². The predicted octanol–water partition coefficient (Wildman–Crippen LogP) is 3.79. The SMILES string of the molecule is COc1ccc(-c2nc(Cn3nnc(C(=O)Nc4cccc(Cl)c4)c3N)c(C)o2)cc1. The number of aryl methyl sites for hydroxylation is 1. The summed E-state index contributed by atoms with van der Waals surface area (Å²) in [7, 11) is 1.61. The number of amides is 1. The number of ether oxygens (including phenoxy) is 1. The van der Waals surface area contributed by atoms with Crippen LogP contribution in [-0.2, 0) is 6.54 Å². The second-order valence-corrected chi connectivity index (χ2v) is 7.13. The molecule has 31 heavy (non-hydrogen) atoms. The van der Waals surface area contributed by atoms with Gasteiger partial charge in [-0.1, -0.05) is 22.9 Å². The van der Waals surface area contributed by atoms with Gasteiger partial charge in [0, 0.05) is 16.3 Å². The molecule has 0 aliphatic heterocycles. The molecule has 0 spiro atoms. The Morgan fingerprint density at radius 1 is 1.26 bits per heavy atom. The van der Waals surface area contributed by atoms with Gasteiger partial charge in [-0.25, -0.2) is 9.67 Å². The number of nitrogens with zero attached hydrogens (tertiary/aromatic N) is 4. The van der Waals surface area contributed by atoms with Crippen LogP contribution in [0.2, 0.25) is 5.02 Å². The highest BCUT2D eigenvalue weighted by Crippen LogP contribution is 2.25. The number of oxazole rings is 1. The van der Waals surface area contributed by atoms with Crippen LogP contribution in [0, 0.1) is 6.92 Å². The Morgan fingerprint density at radius 3 is 2.74 bits per heavy atom. The zero-order chi connectivity index (χ0) is 22.0. The van der Waals surface area contributed by atoms with Crippen molar-refractivity contribution in [1.82, 2.24) is 20.0 Å². The third kappa shape index (κ3) is 4.36. The molecule has 3 N–H and O–H groups in total. The third-order valence-electron chi connectivity index (χ3n) is 4.60. The van der Waals surface area contributed by atoms with E-state index in [1.807, 2.05) is 24.3 Å². The lowest BCUT2D eigenvalue weighted by molar-refractivity contribution is 0.102. The van der Waals surface area contributed by atoms with Crippen LogP contribution in [0.25, 0.3) is 11.5 Å². The van der Waals surface area contributed by atoms with Gasteiger partial charge >= 0.3 is 0 Å². The molecule has 0 fully saturated rings. The second kappa shape index (κ2) is 8.49. The number of benzene rings is 2. The molecule has 0 aliphatic carbocycles. The fourth-order valence-corrected chi connectivity index (χ4v) is 3.12. The van der Waals surface area contributed by atoms with Crippen molar-refractivity contribution in [2.24, 2.45) is 0 Å². The molecule has 9 nitrogen and oxygen atoms in total. The van der Waals surface area contributed by atoms with E-state index in [0.717, 1.165) is 11.3 Å². The maximum absolute atomic E-state index is 12.5. The minimum atomic E-state index is -0.484. The molecule has 0 saturated heterocycles. The highest BCUT2D eigenvalue weighted by Gasteiger charge is 2.20. The number of nitrogens with two attached hydrogens (primary N) is 1. The number of methoxy groups -OCH3 is 1. The summed E-state index contributed by atoms with van der Waals surface area (Å²) in [6.45, 7) is 2.00. The van der Waals surface area contributed by atoms with E-state index in [1.54, 1.807) is 38.3 Å². The molecule has 0 saturated carbocycles. The maximum Gasteiger partial charge on any atom is 0.280 e. The van der Waals surface area contributed by atoms with Gasteiger partial charge in [0.1, 0.15) is 17.2 Å². The van der Waals surface area contributed by atoms with Crippen LogP contribution in [0.5, 0.6) is 5.75 Å². The van der Waals surface area contributed by atoms with Crippen molar-refractivity contribution in [3.63, 3.8) is 0 Å². The third-order valence-corrected chi connectivity index (χ3v) is 4.84. The van der Waals surface area contributed by atoms with E-state index in [4.69, 9.17) is 26.5 Å². The van der Waals surface area contributed by atoms with Gasteiger partial charge in [0.05, 0.1) is 13.7 Å². The summed E-state index contributed by atoms with van der Waals surface area (Å²) in [5.74, 6) is 1.46. The Balaban J connectivity index is 1.52. The first-order chi connectivity index (χ1) is 14.9. The van der Waals surface area contributed by atoms with Crippen LogP contribution in [0.3, 0.4) is 0 Å². The van der Waals surface area contributed by atoms with E-state index < -0.39 is 5.91 Å². The summed E-state index contributed by atoms with van der Waals surface area (Å²) >= 11 is 5.95. The molecule has 10 heteroatoms. The average Bonchev–Trinajstić information content (AvgIpc) is 3.31. The van der Waals surface area contributed by atoms with Crippen LogP contribution >= 0.6 is 11.6 Å². The molecule has 0 unspecified atom stereocenters. The molecule has 0 atom stereocenters. The molecule has 4 rings (SSSR count).